The normalized spacial score (nSPS) is 19.0. The molecule has 0 unspecified atom stereocenters. The summed E-state index contributed by atoms with van der Waals surface area (Å²) in [4.78, 5) is 34.3. The predicted octanol–water partition coefficient (Wildman–Crippen LogP) is 5.00. The maximum atomic E-state index is 13.3. The van der Waals surface area contributed by atoms with Crippen molar-refractivity contribution in [2.45, 2.75) is 70.8 Å². The van der Waals surface area contributed by atoms with Crippen LogP contribution in [0.4, 0.5) is 5.82 Å². The molecule has 3 heterocycles. The molecular formula is C27H37N3O4. The Morgan fingerprint density at radius 3 is 2.56 bits per heavy atom. The van der Waals surface area contributed by atoms with Crippen molar-refractivity contribution in [3.8, 4) is 0 Å². The molecule has 2 aromatic heterocycles. The fourth-order valence-electron chi connectivity index (χ4n) is 5.57. The highest BCUT2D eigenvalue weighted by Gasteiger charge is 2.36. The average molecular weight is 468 g/mol. The second-order valence-electron chi connectivity index (χ2n) is 9.98. The summed E-state index contributed by atoms with van der Waals surface area (Å²) >= 11 is 0. The van der Waals surface area contributed by atoms with Crippen molar-refractivity contribution in [2.75, 3.05) is 31.6 Å². The molecule has 1 saturated heterocycles. The average Bonchev–Trinajstić information content (AvgIpc) is 3.41. The molecule has 1 amide bonds. The highest BCUT2D eigenvalue weighted by molar-refractivity contribution is 6.04. The molecule has 7 heteroatoms. The van der Waals surface area contributed by atoms with Crippen LogP contribution in [0.3, 0.4) is 0 Å². The lowest BCUT2D eigenvalue weighted by Gasteiger charge is -2.41. The van der Waals surface area contributed by atoms with E-state index in [4.69, 9.17) is 9.15 Å². The lowest BCUT2D eigenvalue weighted by Crippen LogP contribution is -2.48. The SMILES string of the molecule is COC(=O)CC1(CCN2CCC(N(C(=O)c3ccco3)c3ccc(C)cn3)CC2)CCCCC1. The highest BCUT2D eigenvalue weighted by atomic mass is 16.5. The van der Waals surface area contributed by atoms with Gasteiger partial charge in [0.25, 0.3) is 5.91 Å². The number of piperidine rings is 1. The third-order valence-corrected chi connectivity index (χ3v) is 7.64. The topological polar surface area (TPSA) is 75.9 Å². The minimum atomic E-state index is -0.140. The quantitative estimate of drug-likeness (QED) is 0.509. The molecule has 2 aliphatic rings. The molecule has 4 rings (SSSR count). The van der Waals surface area contributed by atoms with Crippen LogP contribution in [0.25, 0.3) is 0 Å². The first-order valence-electron chi connectivity index (χ1n) is 12.6. The van der Waals surface area contributed by atoms with Gasteiger partial charge in [-0.25, -0.2) is 4.98 Å². The minimum absolute atomic E-state index is 0.0720. The number of furan rings is 1. The molecule has 0 N–H and O–H groups in total. The van der Waals surface area contributed by atoms with E-state index in [1.807, 2.05) is 24.0 Å². The van der Waals surface area contributed by atoms with Crippen LogP contribution in [0, 0.1) is 12.3 Å². The molecule has 1 aliphatic heterocycles. The summed E-state index contributed by atoms with van der Waals surface area (Å²) in [5, 5.41) is 0. The predicted molar refractivity (Wildman–Crippen MR) is 131 cm³/mol. The molecule has 34 heavy (non-hydrogen) atoms. The van der Waals surface area contributed by atoms with Crippen LogP contribution in [-0.2, 0) is 9.53 Å². The van der Waals surface area contributed by atoms with Gasteiger partial charge in [-0.2, -0.15) is 0 Å². The van der Waals surface area contributed by atoms with Crippen molar-refractivity contribution in [1.29, 1.82) is 0 Å². The zero-order valence-corrected chi connectivity index (χ0v) is 20.5. The number of pyridine rings is 1. The minimum Gasteiger partial charge on any atom is -0.469 e. The monoisotopic (exact) mass is 467 g/mol. The van der Waals surface area contributed by atoms with E-state index >= 15 is 0 Å². The summed E-state index contributed by atoms with van der Waals surface area (Å²) < 4.78 is 10.4. The molecule has 0 aromatic carbocycles. The third kappa shape index (κ3) is 5.87. The fourth-order valence-corrected chi connectivity index (χ4v) is 5.57. The Morgan fingerprint density at radius 2 is 1.94 bits per heavy atom. The number of carbonyl (C=O) groups excluding carboxylic acids is 2. The van der Waals surface area contributed by atoms with Gasteiger partial charge in [0, 0.05) is 25.3 Å². The number of esters is 1. The van der Waals surface area contributed by atoms with Crippen LogP contribution in [0.15, 0.2) is 41.1 Å². The number of methoxy groups -OCH3 is 1. The number of nitrogens with zero attached hydrogens (tertiary/aromatic N) is 3. The Hall–Kier alpha value is -2.67. The van der Waals surface area contributed by atoms with Crippen molar-refractivity contribution in [1.82, 2.24) is 9.88 Å². The Kier molecular flexibility index (Phi) is 8.03. The summed E-state index contributed by atoms with van der Waals surface area (Å²) in [6.07, 6.45) is 12.6. The van der Waals surface area contributed by atoms with Crippen molar-refractivity contribution >= 4 is 17.7 Å². The highest BCUT2D eigenvalue weighted by Crippen LogP contribution is 2.43. The Bertz CT molecular complexity index is 927. The lowest BCUT2D eigenvalue weighted by molar-refractivity contribution is -0.144. The number of rotatable bonds is 8. The van der Waals surface area contributed by atoms with Gasteiger partial charge < -0.3 is 14.1 Å². The van der Waals surface area contributed by atoms with E-state index < -0.39 is 0 Å². The maximum Gasteiger partial charge on any atom is 0.306 e. The number of likely N-dealkylation sites (tertiary alicyclic amines) is 1. The molecule has 1 saturated carbocycles. The fraction of sp³-hybridized carbons (Fsp3) is 0.593. The summed E-state index contributed by atoms with van der Waals surface area (Å²) in [5.74, 6) is 0.786. The first-order valence-corrected chi connectivity index (χ1v) is 12.6. The van der Waals surface area contributed by atoms with E-state index in [-0.39, 0.29) is 23.3 Å². The van der Waals surface area contributed by atoms with Gasteiger partial charge in [0.05, 0.1) is 19.8 Å². The first-order chi connectivity index (χ1) is 16.5. The van der Waals surface area contributed by atoms with Gasteiger partial charge in [-0.3, -0.25) is 14.5 Å². The summed E-state index contributed by atoms with van der Waals surface area (Å²) in [7, 11) is 1.49. The van der Waals surface area contributed by atoms with Crippen LogP contribution in [-0.4, -0.2) is 54.5 Å². The van der Waals surface area contributed by atoms with E-state index in [0.717, 1.165) is 57.3 Å². The number of hydrogen-bond acceptors (Lipinski definition) is 6. The van der Waals surface area contributed by atoms with E-state index in [2.05, 4.69) is 9.88 Å². The van der Waals surface area contributed by atoms with Crippen molar-refractivity contribution in [3.05, 3.63) is 48.0 Å². The van der Waals surface area contributed by atoms with Crippen LogP contribution in [0.2, 0.25) is 0 Å². The number of carbonyl (C=O) groups is 2. The van der Waals surface area contributed by atoms with Crippen molar-refractivity contribution < 1.29 is 18.7 Å². The van der Waals surface area contributed by atoms with Gasteiger partial charge in [-0.1, -0.05) is 25.3 Å². The van der Waals surface area contributed by atoms with E-state index in [9.17, 15) is 9.59 Å². The molecular weight excluding hydrogens is 430 g/mol. The Balaban J connectivity index is 1.39. The zero-order chi connectivity index (χ0) is 24.0. The first kappa shape index (κ1) is 24.5. The Morgan fingerprint density at radius 1 is 1.18 bits per heavy atom. The van der Waals surface area contributed by atoms with Crippen LogP contribution in [0.5, 0.6) is 0 Å². The largest absolute Gasteiger partial charge is 0.469 e. The second kappa shape index (κ2) is 11.2. The number of aryl methyl sites for hydroxylation is 1. The molecule has 2 aromatic rings. The molecule has 2 fully saturated rings. The van der Waals surface area contributed by atoms with Gasteiger partial charge in [-0.15, -0.1) is 0 Å². The molecule has 184 valence electrons. The van der Waals surface area contributed by atoms with Gasteiger partial charge in [-0.05, 0) is 74.8 Å². The number of ether oxygens (including phenoxy) is 1. The molecule has 0 radical (unpaired) electrons. The summed E-state index contributed by atoms with van der Waals surface area (Å²) in [6, 6.07) is 7.44. The van der Waals surface area contributed by atoms with Crippen molar-refractivity contribution in [3.63, 3.8) is 0 Å². The van der Waals surface area contributed by atoms with E-state index in [1.165, 1.54) is 32.6 Å². The lowest BCUT2D eigenvalue weighted by atomic mass is 9.69. The van der Waals surface area contributed by atoms with E-state index in [1.54, 1.807) is 18.3 Å². The molecule has 7 nitrogen and oxygen atoms in total. The molecule has 0 atom stereocenters. The van der Waals surface area contributed by atoms with Crippen LogP contribution in [0.1, 0.15) is 73.9 Å². The number of hydrogen-bond donors (Lipinski definition) is 0. The number of amides is 1. The standard InChI is InChI=1S/C27H37N3O4/c1-21-8-9-24(28-20-21)30(26(32)23-7-6-18-34-23)22-10-15-29(16-11-22)17-14-27(19-25(31)33-2)12-4-3-5-13-27/h6-9,18,20,22H,3-5,10-17,19H2,1-2H3. The summed E-state index contributed by atoms with van der Waals surface area (Å²) in [5.41, 5.74) is 1.14. The number of aromatic nitrogens is 1. The van der Waals surface area contributed by atoms with Crippen molar-refractivity contribution in [2.24, 2.45) is 5.41 Å². The Labute approximate surface area is 202 Å². The smallest absolute Gasteiger partial charge is 0.306 e. The van der Waals surface area contributed by atoms with Gasteiger partial charge in [0.1, 0.15) is 5.82 Å². The van der Waals surface area contributed by atoms with Gasteiger partial charge in [0.2, 0.25) is 0 Å². The van der Waals surface area contributed by atoms with Crippen LogP contribution >= 0.6 is 0 Å². The summed E-state index contributed by atoms with van der Waals surface area (Å²) in [6.45, 7) is 4.82. The van der Waals surface area contributed by atoms with Gasteiger partial charge in [0.15, 0.2) is 5.76 Å². The zero-order valence-electron chi connectivity index (χ0n) is 20.5. The maximum absolute atomic E-state index is 13.3. The van der Waals surface area contributed by atoms with Gasteiger partial charge >= 0.3 is 5.97 Å². The molecule has 0 bridgehead atoms. The third-order valence-electron chi connectivity index (χ3n) is 7.64. The van der Waals surface area contributed by atoms with E-state index in [0.29, 0.717) is 18.0 Å². The second-order valence-corrected chi connectivity index (χ2v) is 9.98. The van der Waals surface area contributed by atoms with Crippen LogP contribution < -0.4 is 4.90 Å². The molecule has 1 aliphatic carbocycles. The molecule has 0 spiro atoms. The number of anilines is 1.